The molecule has 7 nitrogen and oxygen atoms in total. The van der Waals surface area contributed by atoms with Crippen molar-refractivity contribution in [2.24, 2.45) is 0 Å². The highest BCUT2D eigenvalue weighted by Gasteiger charge is 2.20. The molecule has 9 heteroatoms. The summed E-state index contributed by atoms with van der Waals surface area (Å²) in [5.41, 5.74) is 2.72. The van der Waals surface area contributed by atoms with Crippen LogP contribution in [-0.2, 0) is 6.42 Å². The SMILES string of the molecule is Cc1nnsc1C(=O)Nc1ccc(CCN2CCN(c3nsc4ccccc34)CC2)cc1. The van der Waals surface area contributed by atoms with Crippen LogP contribution in [0.25, 0.3) is 10.1 Å². The van der Waals surface area contributed by atoms with Crippen molar-refractivity contribution in [2.45, 2.75) is 13.3 Å². The van der Waals surface area contributed by atoms with E-state index in [9.17, 15) is 4.79 Å². The molecule has 0 radical (unpaired) electrons. The van der Waals surface area contributed by atoms with Gasteiger partial charge in [-0.1, -0.05) is 28.8 Å². The summed E-state index contributed by atoms with van der Waals surface area (Å²) in [6.45, 7) is 6.92. The fourth-order valence-electron chi connectivity index (χ4n) is 3.95. The molecule has 4 aromatic rings. The molecule has 5 rings (SSSR count). The summed E-state index contributed by atoms with van der Waals surface area (Å²) < 4.78 is 9.77. The fourth-order valence-corrected chi connectivity index (χ4v) is 5.30. The topological polar surface area (TPSA) is 74.2 Å². The van der Waals surface area contributed by atoms with Gasteiger partial charge >= 0.3 is 0 Å². The zero-order chi connectivity index (χ0) is 21.9. The maximum atomic E-state index is 12.3. The van der Waals surface area contributed by atoms with Gasteiger partial charge in [0.05, 0.1) is 10.4 Å². The molecule has 1 aliphatic rings. The second kappa shape index (κ2) is 9.32. The van der Waals surface area contributed by atoms with Gasteiger partial charge < -0.3 is 10.2 Å². The first kappa shape index (κ1) is 21.0. The Labute approximate surface area is 195 Å². The Morgan fingerprint density at radius 2 is 1.81 bits per heavy atom. The number of carbonyl (C=O) groups is 1. The minimum absolute atomic E-state index is 0.156. The van der Waals surface area contributed by atoms with Crippen LogP contribution >= 0.6 is 23.1 Å². The third kappa shape index (κ3) is 4.50. The molecule has 1 fully saturated rings. The Hall–Kier alpha value is -2.88. The van der Waals surface area contributed by atoms with Crippen LogP contribution in [-0.4, -0.2) is 57.5 Å². The van der Waals surface area contributed by atoms with Crippen LogP contribution in [0, 0.1) is 6.92 Å². The smallest absolute Gasteiger partial charge is 0.269 e. The Balaban J connectivity index is 1.11. The Morgan fingerprint density at radius 3 is 2.56 bits per heavy atom. The molecule has 0 atom stereocenters. The van der Waals surface area contributed by atoms with Gasteiger partial charge in [0.15, 0.2) is 0 Å². The van der Waals surface area contributed by atoms with Crippen molar-refractivity contribution in [3.63, 3.8) is 0 Å². The van der Waals surface area contributed by atoms with Crippen LogP contribution in [0.3, 0.4) is 0 Å². The molecular formula is C23H24N6OS2. The number of piperazine rings is 1. The predicted molar refractivity (Wildman–Crippen MR) is 131 cm³/mol. The van der Waals surface area contributed by atoms with Gasteiger partial charge in [0.2, 0.25) is 0 Å². The third-order valence-corrected chi connectivity index (χ3v) is 7.46. The quantitative estimate of drug-likeness (QED) is 0.464. The summed E-state index contributed by atoms with van der Waals surface area (Å²) in [5, 5.41) is 8.07. The van der Waals surface area contributed by atoms with E-state index in [1.165, 1.54) is 15.6 Å². The molecule has 0 saturated carbocycles. The van der Waals surface area contributed by atoms with Gasteiger partial charge in [0.1, 0.15) is 10.7 Å². The minimum atomic E-state index is -0.156. The van der Waals surface area contributed by atoms with Crippen molar-refractivity contribution in [2.75, 3.05) is 42.9 Å². The number of rotatable bonds is 6. The van der Waals surface area contributed by atoms with Gasteiger partial charge in [-0.15, -0.1) is 5.10 Å². The molecule has 0 bridgehead atoms. The average Bonchev–Trinajstić information content (AvgIpc) is 3.45. The second-order valence-electron chi connectivity index (χ2n) is 7.92. The van der Waals surface area contributed by atoms with Crippen LogP contribution in [0.5, 0.6) is 0 Å². The normalized spacial score (nSPS) is 14.7. The number of nitrogens with one attached hydrogen (secondary N) is 1. The van der Waals surface area contributed by atoms with Gasteiger partial charge in [0.25, 0.3) is 5.91 Å². The van der Waals surface area contributed by atoms with Gasteiger partial charge in [-0.3, -0.25) is 9.69 Å². The van der Waals surface area contributed by atoms with Crippen molar-refractivity contribution in [3.05, 3.63) is 64.7 Å². The number of hydrogen-bond donors (Lipinski definition) is 1. The molecule has 3 heterocycles. The molecule has 1 aliphatic heterocycles. The van der Waals surface area contributed by atoms with E-state index >= 15 is 0 Å². The molecule has 0 spiro atoms. The summed E-state index contributed by atoms with van der Waals surface area (Å²) in [4.78, 5) is 17.8. The molecule has 1 saturated heterocycles. The number of carbonyl (C=O) groups excluding carboxylic acids is 1. The van der Waals surface area contributed by atoms with Crippen LogP contribution in [0.1, 0.15) is 20.9 Å². The van der Waals surface area contributed by atoms with E-state index in [0.29, 0.717) is 10.6 Å². The number of nitrogens with zero attached hydrogens (tertiary/aromatic N) is 5. The zero-order valence-electron chi connectivity index (χ0n) is 17.8. The lowest BCUT2D eigenvalue weighted by molar-refractivity contribution is 0.103. The lowest BCUT2D eigenvalue weighted by Crippen LogP contribution is -2.47. The minimum Gasteiger partial charge on any atom is -0.353 e. The van der Waals surface area contributed by atoms with E-state index in [1.54, 1.807) is 18.5 Å². The number of hydrogen-bond acceptors (Lipinski definition) is 8. The van der Waals surface area contributed by atoms with Crippen LogP contribution < -0.4 is 10.2 Å². The standard InChI is InChI=1S/C23H24N6OS2/c1-16-21(32-27-25-16)23(30)24-18-8-6-17(7-9-18)10-11-28-12-14-29(15-13-28)22-19-4-2-3-5-20(19)31-26-22/h2-9H,10-15H2,1H3,(H,24,30). The number of aromatic nitrogens is 3. The van der Waals surface area contributed by atoms with Gasteiger partial charge in [-0.05, 0) is 66.2 Å². The maximum Gasteiger partial charge on any atom is 0.269 e. The maximum absolute atomic E-state index is 12.3. The van der Waals surface area contributed by atoms with E-state index in [-0.39, 0.29) is 5.91 Å². The summed E-state index contributed by atoms with van der Waals surface area (Å²) >= 11 is 2.70. The molecule has 0 unspecified atom stereocenters. The van der Waals surface area contributed by atoms with Crippen molar-refractivity contribution in [1.82, 2.24) is 18.9 Å². The first-order valence-corrected chi connectivity index (χ1v) is 12.2. The number of aryl methyl sites for hydroxylation is 1. The Kier molecular flexibility index (Phi) is 6.11. The summed E-state index contributed by atoms with van der Waals surface area (Å²) in [6.07, 6.45) is 0.992. The monoisotopic (exact) mass is 464 g/mol. The highest BCUT2D eigenvalue weighted by atomic mass is 32.1. The van der Waals surface area contributed by atoms with Gasteiger partial charge in [0, 0.05) is 43.8 Å². The Morgan fingerprint density at radius 1 is 1.03 bits per heavy atom. The van der Waals surface area contributed by atoms with E-state index in [1.807, 2.05) is 12.1 Å². The van der Waals surface area contributed by atoms with Crippen LogP contribution in [0.15, 0.2) is 48.5 Å². The zero-order valence-corrected chi connectivity index (χ0v) is 19.5. The van der Waals surface area contributed by atoms with Crippen molar-refractivity contribution in [1.29, 1.82) is 0 Å². The lowest BCUT2D eigenvalue weighted by atomic mass is 10.1. The van der Waals surface area contributed by atoms with Crippen LogP contribution in [0.2, 0.25) is 0 Å². The van der Waals surface area contributed by atoms with Crippen molar-refractivity contribution < 1.29 is 4.79 Å². The number of benzene rings is 2. The van der Waals surface area contributed by atoms with E-state index in [2.05, 4.69) is 61.1 Å². The molecule has 2 aromatic heterocycles. The Bertz CT molecular complexity index is 1210. The largest absolute Gasteiger partial charge is 0.353 e. The second-order valence-corrected chi connectivity index (χ2v) is 9.48. The molecule has 2 aromatic carbocycles. The third-order valence-electron chi connectivity index (χ3n) is 5.82. The first-order chi connectivity index (χ1) is 15.7. The summed E-state index contributed by atoms with van der Waals surface area (Å²) in [5.74, 6) is 0.975. The molecular weight excluding hydrogens is 440 g/mol. The fraction of sp³-hybridized carbons (Fsp3) is 0.304. The molecule has 164 valence electrons. The van der Waals surface area contributed by atoms with Gasteiger partial charge in [-0.25, -0.2) is 0 Å². The molecule has 0 aliphatic carbocycles. The van der Waals surface area contributed by atoms with E-state index < -0.39 is 0 Å². The highest BCUT2D eigenvalue weighted by Crippen LogP contribution is 2.29. The van der Waals surface area contributed by atoms with Gasteiger partial charge in [-0.2, -0.15) is 4.37 Å². The average molecular weight is 465 g/mol. The van der Waals surface area contributed by atoms with Crippen molar-refractivity contribution in [3.8, 4) is 0 Å². The summed E-state index contributed by atoms with van der Waals surface area (Å²) in [6, 6.07) is 16.6. The molecule has 1 amide bonds. The summed E-state index contributed by atoms with van der Waals surface area (Å²) in [7, 11) is 0. The molecule has 1 N–H and O–H groups in total. The number of amides is 1. The lowest BCUT2D eigenvalue weighted by Gasteiger charge is -2.35. The van der Waals surface area contributed by atoms with Crippen molar-refractivity contribution >= 4 is 50.6 Å². The number of fused-ring (bicyclic) bond motifs is 1. The first-order valence-electron chi connectivity index (χ1n) is 10.7. The van der Waals surface area contributed by atoms with Crippen LogP contribution in [0.4, 0.5) is 11.5 Å². The number of anilines is 2. The highest BCUT2D eigenvalue weighted by molar-refractivity contribution is 7.13. The molecule has 32 heavy (non-hydrogen) atoms. The van der Waals surface area contributed by atoms with E-state index in [0.717, 1.165) is 62.2 Å². The predicted octanol–water partition coefficient (Wildman–Crippen LogP) is 4.07. The van der Waals surface area contributed by atoms with E-state index in [4.69, 9.17) is 4.37 Å².